The van der Waals surface area contributed by atoms with Crippen LogP contribution < -0.4 is 5.73 Å². The number of hydrogen-bond acceptors (Lipinski definition) is 2. The number of rotatable bonds is 4. The Hall–Kier alpha value is -0.960. The molecule has 1 saturated carbocycles. The summed E-state index contributed by atoms with van der Waals surface area (Å²) in [6.45, 7) is 0. The van der Waals surface area contributed by atoms with Crippen molar-refractivity contribution in [2.75, 3.05) is 0 Å². The highest BCUT2D eigenvalue weighted by atomic mass is 35.5. The van der Waals surface area contributed by atoms with E-state index in [1.54, 1.807) is 11.8 Å². The Labute approximate surface area is 142 Å². The van der Waals surface area contributed by atoms with Gasteiger partial charge in [-0.25, -0.2) is 0 Å². The lowest BCUT2D eigenvalue weighted by molar-refractivity contribution is 0.306. The van der Waals surface area contributed by atoms with Crippen molar-refractivity contribution in [2.24, 2.45) is 11.7 Å². The minimum Gasteiger partial charge on any atom is -0.324 e. The van der Waals surface area contributed by atoms with E-state index in [0.29, 0.717) is 5.92 Å². The molecular weight excluding hydrogens is 310 g/mol. The highest BCUT2D eigenvalue weighted by molar-refractivity contribution is 7.99. The van der Waals surface area contributed by atoms with Crippen LogP contribution in [0.3, 0.4) is 0 Å². The lowest BCUT2D eigenvalue weighted by Crippen LogP contribution is -2.24. The van der Waals surface area contributed by atoms with Crippen LogP contribution in [0.15, 0.2) is 58.3 Å². The Kier molecular flexibility index (Phi) is 5.46. The average Bonchev–Trinajstić information content (AvgIpc) is 2.58. The van der Waals surface area contributed by atoms with E-state index in [2.05, 4.69) is 36.4 Å². The van der Waals surface area contributed by atoms with Gasteiger partial charge in [-0.05, 0) is 54.7 Å². The number of benzene rings is 2. The van der Waals surface area contributed by atoms with Crippen molar-refractivity contribution < 1.29 is 0 Å². The minimum atomic E-state index is 0.149. The van der Waals surface area contributed by atoms with E-state index in [4.69, 9.17) is 17.3 Å². The van der Waals surface area contributed by atoms with E-state index in [9.17, 15) is 0 Å². The Morgan fingerprint density at radius 3 is 2.36 bits per heavy atom. The second-order valence-corrected chi connectivity index (χ2v) is 7.57. The van der Waals surface area contributed by atoms with Gasteiger partial charge >= 0.3 is 0 Å². The zero-order chi connectivity index (χ0) is 15.4. The van der Waals surface area contributed by atoms with Crippen LogP contribution in [0.1, 0.15) is 43.7 Å². The Balaban J connectivity index is 1.81. The van der Waals surface area contributed by atoms with E-state index >= 15 is 0 Å². The van der Waals surface area contributed by atoms with Gasteiger partial charge in [-0.2, -0.15) is 0 Å². The fourth-order valence-electron chi connectivity index (χ4n) is 3.23. The van der Waals surface area contributed by atoms with Crippen molar-refractivity contribution in [3.8, 4) is 0 Å². The molecule has 1 atom stereocenters. The smallest absolute Gasteiger partial charge is 0.0406 e. The molecule has 116 valence electrons. The molecule has 0 spiro atoms. The molecule has 0 bridgehead atoms. The summed E-state index contributed by atoms with van der Waals surface area (Å²) in [6.07, 6.45) is 6.54. The summed E-state index contributed by atoms with van der Waals surface area (Å²) in [5.74, 6) is 0.626. The summed E-state index contributed by atoms with van der Waals surface area (Å²) >= 11 is 7.75. The average molecular weight is 332 g/mol. The van der Waals surface area contributed by atoms with Gasteiger partial charge in [-0.15, -0.1) is 0 Å². The third-order valence-electron chi connectivity index (χ3n) is 4.48. The first-order valence-corrected chi connectivity index (χ1v) is 9.21. The zero-order valence-corrected chi connectivity index (χ0v) is 14.2. The molecule has 0 saturated heterocycles. The van der Waals surface area contributed by atoms with E-state index < -0.39 is 0 Å². The van der Waals surface area contributed by atoms with Gasteiger partial charge in [0.25, 0.3) is 0 Å². The van der Waals surface area contributed by atoms with Crippen molar-refractivity contribution in [3.05, 3.63) is 59.1 Å². The fraction of sp³-hybridized carbons (Fsp3) is 0.368. The summed E-state index contributed by atoms with van der Waals surface area (Å²) < 4.78 is 0. The summed E-state index contributed by atoms with van der Waals surface area (Å²) in [4.78, 5) is 2.47. The fourth-order valence-corrected chi connectivity index (χ4v) is 4.35. The lowest BCUT2D eigenvalue weighted by Gasteiger charge is -2.29. The maximum absolute atomic E-state index is 6.61. The van der Waals surface area contributed by atoms with Crippen LogP contribution in [0.4, 0.5) is 0 Å². The number of hydrogen-bond donors (Lipinski definition) is 1. The van der Waals surface area contributed by atoms with Crippen LogP contribution in [-0.4, -0.2) is 0 Å². The predicted molar refractivity (Wildman–Crippen MR) is 95.5 cm³/mol. The predicted octanol–water partition coefficient (Wildman–Crippen LogP) is 6.07. The summed E-state index contributed by atoms with van der Waals surface area (Å²) in [6, 6.07) is 16.7. The molecule has 0 aromatic heterocycles. The second-order valence-electron chi connectivity index (χ2n) is 6.02. The highest BCUT2D eigenvalue weighted by Gasteiger charge is 2.23. The van der Waals surface area contributed by atoms with Gasteiger partial charge in [0.05, 0.1) is 0 Å². The topological polar surface area (TPSA) is 26.0 Å². The molecule has 3 heteroatoms. The third kappa shape index (κ3) is 3.87. The Bertz CT molecular complexity index is 605. The molecule has 1 nitrogen and oxygen atoms in total. The summed E-state index contributed by atoms with van der Waals surface area (Å²) in [5, 5.41) is 0.775. The molecule has 1 fully saturated rings. The molecule has 0 heterocycles. The molecule has 1 aliphatic carbocycles. The van der Waals surface area contributed by atoms with E-state index in [-0.39, 0.29) is 6.04 Å². The van der Waals surface area contributed by atoms with Crippen molar-refractivity contribution in [2.45, 2.75) is 47.9 Å². The maximum atomic E-state index is 6.61. The second kappa shape index (κ2) is 7.54. The van der Waals surface area contributed by atoms with Crippen LogP contribution in [-0.2, 0) is 0 Å². The van der Waals surface area contributed by atoms with Crippen LogP contribution >= 0.6 is 23.4 Å². The molecule has 1 aliphatic rings. The van der Waals surface area contributed by atoms with Crippen LogP contribution in [0.2, 0.25) is 5.02 Å². The molecule has 2 aromatic rings. The minimum absolute atomic E-state index is 0.149. The van der Waals surface area contributed by atoms with Gasteiger partial charge in [0, 0.05) is 20.9 Å². The summed E-state index contributed by atoms with van der Waals surface area (Å²) in [5.41, 5.74) is 7.90. The van der Waals surface area contributed by atoms with Gasteiger partial charge < -0.3 is 5.73 Å². The third-order valence-corrected chi connectivity index (χ3v) is 5.83. The summed E-state index contributed by atoms with van der Waals surface area (Å²) in [7, 11) is 0. The molecule has 0 unspecified atom stereocenters. The molecule has 22 heavy (non-hydrogen) atoms. The quantitative estimate of drug-likeness (QED) is 0.735. The normalized spacial score (nSPS) is 17.4. The van der Waals surface area contributed by atoms with Gasteiger partial charge in [0.15, 0.2) is 0 Å². The van der Waals surface area contributed by atoms with Crippen LogP contribution in [0, 0.1) is 5.92 Å². The van der Waals surface area contributed by atoms with Gasteiger partial charge in [-0.3, -0.25) is 0 Å². The van der Waals surface area contributed by atoms with Gasteiger partial charge in [0.1, 0.15) is 0 Å². The van der Waals surface area contributed by atoms with Crippen LogP contribution in [0.5, 0.6) is 0 Å². The van der Waals surface area contributed by atoms with Gasteiger partial charge in [-0.1, -0.05) is 60.8 Å². The molecule has 2 aromatic carbocycles. The maximum Gasteiger partial charge on any atom is 0.0406 e. The number of halogens is 1. The number of nitrogens with two attached hydrogens (primary N) is 1. The first-order valence-electron chi connectivity index (χ1n) is 8.02. The van der Waals surface area contributed by atoms with E-state index in [1.807, 2.05) is 12.1 Å². The van der Waals surface area contributed by atoms with Crippen molar-refractivity contribution in [3.63, 3.8) is 0 Å². The first kappa shape index (κ1) is 15.9. The van der Waals surface area contributed by atoms with Crippen molar-refractivity contribution >= 4 is 23.4 Å². The zero-order valence-electron chi connectivity index (χ0n) is 12.7. The lowest BCUT2D eigenvalue weighted by atomic mass is 9.81. The molecule has 0 radical (unpaired) electrons. The SMILES string of the molecule is N[C@H](c1ccccc1Sc1ccc(Cl)cc1)C1CCCCC1. The largest absolute Gasteiger partial charge is 0.324 e. The van der Waals surface area contributed by atoms with Gasteiger partial charge in [0.2, 0.25) is 0 Å². The van der Waals surface area contributed by atoms with Crippen molar-refractivity contribution in [1.29, 1.82) is 0 Å². The molecule has 0 amide bonds. The molecule has 2 N–H and O–H groups in total. The van der Waals surface area contributed by atoms with E-state index in [0.717, 1.165) is 5.02 Å². The highest BCUT2D eigenvalue weighted by Crippen LogP contribution is 2.39. The van der Waals surface area contributed by atoms with Crippen LogP contribution in [0.25, 0.3) is 0 Å². The molecule has 3 rings (SSSR count). The molecular formula is C19H22ClNS. The van der Waals surface area contributed by atoms with Crippen molar-refractivity contribution in [1.82, 2.24) is 0 Å². The standard InChI is InChI=1S/C19H22ClNS/c20-15-10-12-16(13-11-15)22-18-9-5-4-8-17(18)19(21)14-6-2-1-3-7-14/h4-5,8-14,19H,1-3,6-7,21H2/t19-/m0/s1. The Morgan fingerprint density at radius 1 is 0.955 bits per heavy atom. The molecule has 0 aliphatic heterocycles. The monoisotopic (exact) mass is 331 g/mol. The van der Waals surface area contributed by atoms with E-state index in [1.165, 1.54) is 47.5 Å². The Morgan fingerprint density at radius 2 is 1.64 bits per heavy atom. The first-order chi connectivity index (χ1) is 10.7.